The molecule has 0 aromatic carbocycles. The molecule has 1 aliphatic rings. The van der Waals surface area contributed by atoms with E-state index in [4.69, 9.17) is 5.73 Å². The van der Waals surface area contributed by atoms with Crippen LogP contribution in [0.2, 0.25) is 0 Å². The van der Waals surface area contributed by atoms with E-state index in [-0.39, 0.29) is 5.69 Å². The molecule has 0 bridgehead atoms. The van der Waals surface area contributed by atoms with Crippen LogP contribution in [-0.2, 0) is 6.54 Å². The van der Waals surface area contributed by atoms with Gasteiger partial charge in [0.25, 0.3) is 0 Å². The molecule has 0 saturated heterocycles. The molecule has 15 heavy (non-hydrogen) atoms. The minimum atomic E-state index is -0.148. The first-order chi connectivity index (χ1) is 7.33. The summed E-state index contributed by atoms with van der Waals surface area (Å²) < 4.78 is 1.79. The summed E-state index contributed by atoms with van der Waals surface area (Å²) in [4.78, 5) is 15.5. The van der Waals surface area contributed by atoms with Crippen LogP contribution in [0.15, 0.2) is 17.1 Å². The molecule has 0 amide bonds. The zero-order chi connectivity index (χ0) is 10.7. The number of hydrogen-bond acceptors (Lipinski definition) is 3. The van der Waals surface area contributed by atoms with Crippen LogP contribution in [0.3, 0.4) is 0 Å². The summed E-state index contributed by atoms with van der Waals surface area (Å²) in [7, 11) is 0. The molecule has 1 aromatic heterocycles. The van der Waals surface area contributed by atoms with Gasteiger partial charge in [-0.2, -0.15) is 0 Å². The molecule has 1 aliphatic carbocycles. The number of hydrogen-bond donors (Lipinski definition) is 1. The lowest BCUT2D eigenvalue weighted by Crippen LogP contribution is -2.31. The van der Waals surface area contributed by atoms with Gasteiger partial charge in [-0.3, -0.25) is 4.57 Å². The van der Waals surface area contributed by atoms with E-state index in [1.165, 1.54) is 19.3 Å². The number of aromatic nitrogens is 2. The summed E-state index contributed by atoms with van der Waals surface area (Å²) in [5, 5.41) is 0. The van der Waals surface area contributed by atoms with Gasteiger partial charge in [0.2, 0.25) is 0 Å². The Balaban J connectivity index is 2.36. The van der Waals surface area contributed by atoms with Crippen LogP contribution in [0.5, 0.6) is 0 Å². The summed E-state index contributed by atoms with van der Waals surface area (Å²) in [6, 6.07) is 2.16. The normalized spacial score (nSPS) is 17.9. The fourth-order valence-electron chi connectivity index (χ4n) is 2.35. The third kappa shape index (κ3) is 2.09. The first-order valence-corrected chi connectivity index (χ1v) is 5.59. The quantitative estimate of drug-likeness (QED) is 0.792. The molecule has 0 spiro atoms. The van der Waals surface area contributed by atoms with Crippen molar-refractivity contribution in [3.8, 4) is 0 Å². The number of rotatable bonds is 2. The van der Waals surface area contributed by atoms with Gasteiger partial charge in [0.05, 0.1) is 0 Å². The van der Waals surface area contributed by atoms with Gasteiger partial charge in [-0.05, 0) is 18.9 Å². The molecule has 1 saturated carbocycles. The Hall–Kier alpha value is -1.16. The van der Waals surface area contributed by atoms with E-state index in [2.05, 4.69) is 4.98 Å². The predicted molar refractivity (Wildman–Crippen MR) is 58.5 cm³/mol. The van der Waals surface area contributed by atoms with Gasteiger partial charge in [-0.15, -0.1) is 0 Å². The molecule has 0 atom stereocenters. The molecule has 2 N–H and O–H groups in total. The second kappa shape index (κ2) is 4.57. The van der Waals surface area contributed by atoms with Crippen molar-refractivity contribution in [2.75, 3.05) is 0 Å². The van der Waals surface area contributed by atoms with Gasteiger partial charge in [0.15, 0.2) is 0 Å². The Kier molecular flexibility index (Phi) is 3.16. The highest BCUT2D eigenvalue weighted by Gasteiger charge is 2.18. The van der Waals surface area contributed by atoms with Crippen LogP contribution < -0.4 is 11.4 Å². The average Bonchev–Trinajstić information content (AvgIpc) is 2.29. The Morgan fingerprint density at radius 3 is 2.80 bits per heavy atom. The first-order valence-electron chi connectivity index (χ1n) is 5.59. The zero-order valence-corrected chi connectivity index (χ0v) is 8.85. The number of nitrogens with zero attached hydrogens (tertiary/aromatic N) is 2. The summed E-state index contributed by atoms with van der Waals surface area (Å²) in [6.45, 7) is 0.411. The molecule has 0 aliphatic heterocycles. The van der Waals surface area contributed by atoms with Crippen molar-refractivity contribution in [2.24, 2.45) is 5.73 Å². The van der Waals surface area contributed by atoms with Crippen molar-refractivity contribution in [2.45, 2.75) is 44.7 Å². The summed E-state index contributed by atoms with van der Waals surface area (Å²) in [5.41, 5.74) is 6.39. The largest absolute Gasteiger partial charge is 0.348 e. The molecular weight excluding hydrogens is 190 g/mol. The predicted octanol–water partition coefficient (Wildman–Crippen LogP) is 1.21. The highest BCUT2D eigenvalue weighted by atomic mass is 16.1. The molecule has 4 nitrogen and oxygen atoms in total. The summed E-state index contributed by atoms with van der Waals surface area (Å²) in [6.07, 6.45) is 7.40. The van der Waals surface area contributed by atoms with Gasteiger partial charge in [0, 0.05) is 24.5 Å². The lowest BCUT2D eigenvalue weighted by atomic mass is 9.95. The monoisotopic (exact) mass is 207 g/mol. The Morgan fingerprint density at radius 1 is 1.40 bits per heavy atom. The van der Waals surface area contributed by atoms with Crippen LogP contribution >= 0.6 is 0 Å². The Bertz CT molecular complexity index is 380. The van der Waals surface area contributed by atoms with Gasteiger partial charge in [-0.25, -0.2) is 9.78 Å². The van der Waals surface area contributed by atoms with Crippen molar-refractivity contribution in [1.29, 1.82) is 0 Å². The maximum absolute atomic E-state index is 11.7. The second-order valence-electron chi connectivity index (χ2n) is 4.08. The standard InChI is InChI=1S/C11H17N3O/c12-8-10-6-7-13-11(15)14(10)9-4-2-1-3-5-9/h6-7,9H,1-5,8,12H2. The third-order valence-corrected chi connectivity index (χ3v) is 3.12. The fraction of sp³-hybridized carbons (Fsp3) is 0.636. The third-order valence-electron chi connectivity index (χ3n) is 3.12. The molecule has 1 aromatic rings. The van der Waals surface area contributed by atoms with Crippen molar-refractivity contribution >= 4 is 0 Å². The maximum atomic E-state index is 11.7. The molecule has 2 rings (SSSR count). The maximum Gasteiger partial charge on any atom is 0.348 e. The topological polar surface area (TPSA) is 60.9 Å². The van der Waals surface area contributed by atoms with E-state index in [0.717, 1.165) is 18.5 Å². The van der Waals surface area contributed by atoms with Crippen LogP contribution in [-0.4, -0.2) is 9.55 Å². The van der Waals surface area contributed by atoms with Crippen molar-refractivity contribution < 1.29 is 0 Å². The van der Waals surface area contributed by atoms with E-state index < -0.39 is 0 Å². The smallest absolute Gasteiger partial charge is 0.325 e. The lowest BCUT2D eigenvalue weighted by molar-refractivity contribution is 0.335. The van der Waals surface area contributed by atoms with Crippen LogP contribution in [0.25, 0.3) is 0 Å². The van der Waals surface area contributed by atoms with Crippen molar-refractivity contribution in [1.82, 2.24) is 9.55 Å². The highest BCUT2D eigenvalue weighted by Crippen LogP contribution is 2.27. The van der Waals surface area contributed by atoms with E-state index in [9.17, 15) is 4.79 Å². The molecular formula is C11H17N3O. The van der Waals surface area contributed by atoms with Gasteiger partial charge >= 0.3 is 5.69 Å². The van der Waals surface area contributed by atoms with Crippen LogP contribution in [0.1, 0.15) is 43.8 Å². The molecule has 0 radical (unpaired) electrons. The molecule has 4 heteroatoms. The van der Waals surface area contributed by atoms with E-state index in [0.29, 0.717) is 12.6 Å². The second-order valence-corrected chi connectivity index (χ2v) is 4.08. The fourth-order valence-corrected chi connectivity index (χ4v) is 2.35. The molecule has 1 fully saturated rings. The molecule has 82 valence electrons. The van der Waals surface area contributed by atoms with Crippen LogP contribution in [0, 0.1) is 0 Å². The Labute approximate surface area is 89.1 Å². The zero-order valence-electron chi connectivity index (χ0n) is 8.85. The minimum Gasteiger partial charge on any atom is -0.325 e. The van der Waals surface area contributed by atoms with Crippen molar-refractivity contribution in [3.63, 3.8) is 0 Å². The summed E-state index contributed by atoms with van der Waals surface area (Å²) in [5.74, 6) is 0. The van der Waals surface area contributed by atoms with E-state index in [1.54, 1.807) is 10.8 Å². The van der Waals surface area contributed by atoms with Gasteiger partial charge in [0.1, 0.15) is 0 Å². The molecule has 0 unspecified atom stereocenters. The Morgan fingerprint density at radius 2 is 2.13 bits per heavy atom. The highest BCUT2D eigenvalue weighted by molar-refractivity contribution is 5.02. The lowest BCUT2D eigenvalue weighted by Gasteiger charge is -2.25. The van der Waals surface area contributed by atoms with E-state index in [1.807, 2.05) is 6.07 Å². The summed E-state index contributed by atoms with van der Waals surface area (Å²) >= 11 is 0. The first kappa shape index (κ1) is 10.4. The van der Waals surface area contributed by atoms with Crippen molar-refractivity contribution in [3.05, 3.63) is 28.4 Å². The van der Waals surface area contributed by atoms with Gasteiger partial charge < -0.3 is 5.73 Å². The minimum absolute atomic E-state index is 0.148. The average molecular weight is 207 g/mol. The van der Waals surface area contributed by atoms with Crippen LogP contribution in [0.4, 0.5) is 0 Å². The van der Waals surface area contributed by atoms with Gasteiger partial charge in [-0.1, -0.05) is 19.3 Å². The number of nitrogens with two attached hydrogens (primary N) is 1. The molecule has 1 heterocycles. The SMILES string of the molecule is NCc1ccnc(=O)n1C1CCCCC1. The van der Waals surface area contributed by atoms with E-state index >= 15 is 0 Å².